The van der Waals surface area contributed by atoms with E-state index in [9.17, 15) is 13.2 Å². The lowest BCUT2D eigenvalue weighted by atomic mass is 10.2. The topological polar surface area (TPSA) is 117 Å². The number of carbonyl (C=O) groups excluding carboxylic acids is 1. The van der Waals surface area contributed by atoms with Gasteiger partial charge in [-0.1, -0.05) is 13.8 Å². The average Bonchev–Trinajstić information content (AvgIpc) is 2.73. The number of ether oxygens (including phenoxy) is 1. The molecule has 1 aliphatic heterocycles. The number of carbonyl (C=O) groups is 1. The zero-order valence-electron chi connectivity index (χ0n) is 18.7. The molecule has 0 aromatic heterocycles. The molecule has 0 bridgehead atoms. The van der Waals surface area contributed by atoms with Gasteiger partial charge in [-0.2, -0.15) is 4.31 Å². The van der Waals surface area contributed by atoms with Gasteiger partial charge in [-0.15, -0.1) is 0 Å². The maximum absolute atomic E-state index is 12.6. The molecule has 178 valence electrons. The number of halogens is 1. The molecule has 4 N–H and O–H groups in total. The van der Waals surface area contributed by atoms with Crippen molar-refractivity contribution >= 4 is 43.2 Å². The van der Waals surface area contributed by atoms with Gasteiger partial charge in [-0.3, -0.25) is 4.79 Å². The van der Waals surface area contributed by atoms with Crippen LogP contribution in [0.5, 0.6) is 0 Å². The standard InChI is InChI=1S/C21H32BrN5O4S/c1-15(2)24-7-12-32(29,30)27-10-8-26(9-11-27)18-5-6-19(22)20(13-18)25-21(28)16(3)14-31-17(4)23/h5-6,13-15,24H,4,7-12,23H2,1-3H3,(H,25,28)/b16-14+. The summed E-state index contributed by atoms with van der Waals surface area (Å²) in [6.07, 6.45) is 1.24. The van der Waals surface area contributed by atoms with Crippen LogP contribution in [0.2, 0.25) is 0 Å². The van der Waals surface area contributed by atoms with E-state index < -0.39 is 10.0 Å². The lowest BCUT2D eigenvalue weighted by Gasteiger charge is -2.35. The van der Waals surface area contributed by atoms with Crippen LogP contribution < -0.4 is 21.3 Å². The molecule has 1 amide bonds. The Morgan fingerprint density at radius 2 is 1.97 bits per heavy atom. The van der Waals surface area contributed by atoms with E-state index in [-0.39, 0.29) is 23.6 Å². The number of benzene rings is 1. The molecule has 2 rings (SSSR count). The minimum absolute atomic E-state index is 0.00216. The zero-order chi connectivity index (χ0) is 23.9. The molecular formula is C21H32BrN5O4S. The fourth-order valence-corrected chi connectivity index (χ4v) is 4.77. The highest BCUT2D eigenvalue weighted by molar-refractivity contribution is 9.10. The van der Waals surface area contributed by atoms with E-state index in [2.05, 4.69) is 38.0 Å². The summed E-state index contributed by atoms with van der Waals surface area (Å²) >= 11 is 3.45. The van der Waals surface area contributed by atoms with Crippen molar-refractivity contribution < 1.29 is 17.9 Å². The molecule has 1 aliphatic rings. The van der Waals surface area contributed by atoms with Crippen molar-refractivity contribution in [2.24, 2.45) is 5.73 Å². The minimum Gasteiger partial charge on any atom is -0.449 e. The zero-order valence-corrected chi connectivity index (χ0v) is 21.1. The first-order valence-corrected chi connectivity index (χ1v) is 12.7. The largest absolute Gasteiger partial charge is 0.449 e. The predicted molar refractivity (Wildman–Crippen MR) is 132 cm³/mol. The highest BCUT2D eigenvalue weighted by atomic mass is 79.9. The Morgan fingerprint density at radius 3 is 2.56 bits per heavy atom. The van der Waals surface area contributed by atoms with Crippen molar-refractivity contribution in [2.45, 2.75) is 26.8 Å². The maximum Gasteiger partial charge on any atom is 0.254 e. The number of rotatable bonds is 10. The molecule has 1 fully saturated rings. The number of hydrogen-bond acceptors (Lipinski definition) is 7. The number of amides is 1. The van der Waals surface area contributed by atoms with Gasteiger partial charge in [0.15, 0.2) is 5.88 Å². The van der Waals surface area contributed by atoms with Crippen molar-refractivity contribution in [3.05, 3.63) is 47.0 Å². The summed E-state index contributed by atoms with van der Waals surface area (Å²) in [5, 5.41) is 5.98. The average molecular weight is 530 g/mol. The van der Waals surface area contributed by atoms with Gasteiger partial charge >= 0.3 is 0 Å². The molecule has 0 atom stereocenters. The summed E-state index contributed by atoms with van der Waals surface area (Å²) in [4.78, 5) is 14.5. The lowest BCUT2D eigenvalue weighted by molar-refractivity contribution is -0.112. The van der Waals surface area contributed by atoms with Crippen molar-refractivity contribution in [1.29, 1.82) is 0 Å². The van der Waals surface area contributed by atoms with Crippen molar-refractivity contribution in [3.63, 3.8) is 0 Å². The summed E-state index contributed by atoms with van der Waals surface area (Å²) in [5.74, 6) is -0.249. The molecule has 0 spiro atoms. The Morgan fingerprint density at radius 1 is 1.31 bits per heavy atom. The second kappa shape index (κ2) is 11.7. The Kier molecular flexibility index (Phi) is 9.56. The van der Waals surface area contributed by atoms with E-state index in [1.165, 1.54) is 6.26 Å². The third-order valence-corrected chi connectivity index (χ3v) is 7.42. The molecule has 1 saturated heterocycles. The number of sulfonamides is 1. The summed E-state index contributed by atoms with van der Waals surface area (Å²) in [7, 11) is -3.29. The van der Waals surface area contributed by atoms with Crippen LogP contribution in [0.25, 0.3) is 0 Å². The van der Waals surface area contributed by atoms with Gasteiger partial charge in [0.1, 0.15) is 6.26 Å². The molecular weight excluding hydrogens is 498 g/mol. The minimum atomic E-state index is -3.29. The SMILES string of the molecule is C=C(N)O/C=C(\C)C(=O)Nc1cc(N2CCN(S(=O)(=O)CCNC(C)C)CC2)ccc1Br. The highest BCUT2D eigenvalue weighted by Crippen LogP contribution is 2.29. The molecule has 0 unspecified atom stereocenters. The van der Waals surface area contributed by atoms with Gasteiger partial charge in [-0.05, 0) is 47.6 Å². The van der Waals surface area contributed by atoms with Crippen LogP contribution in [0, 0.1) is 0 Å². The first-order chi connectivity index (χ1) is 15.0. The molecule has 0 radical (unpaired) electrons. The smallest absolute Gasteiger partial charge is 0.254 e. The predicted octanol–water partition coefficient (Wildman–Crippen LogP) is 2.19. The van der Waals surface area contributed by atoms with E-state index in [4.69, 9.17) is 10.5 Å². The molecule has 32 heavy (non-hydrogen) atoms. The summed E-state index contributed by atoms with van der Waals surface area (Å²) in [6.45, 7) is 11.4. The number of anilines is 2. The molecule has 1 heterocycles. The number of piperazine rings is 1. The quantitative estimate of drug-likeness (QED) is 0.314. The molecule has 0 saturated carbocycles. The van der Waals surface area contributed by atoms with Crippen molar-refractivity contribution in [1.82, 2.24) is 9.62 Å². The van der Waals surface area contributed by atoms with Gasteiger partial charge in [0.2, 0.25) is 10.0 Å². The first-order valence-electron chi connectivity index (χ1n) is 10.3. The van der Waals surface area contributed by atoms with E-state index in [0.29, 0.717) is 44.0 Å². The van der Waals surface area contributed by atoms with E-state index >= 15 is 0 Å². The molecule has 0 aliphatic carbocycles. The Hall–Kier alpha value is -2.08. The second-order valence-corrected chi connectivity index (χ2v) is 10.8. The first kappa shape index (κ1) is 26.2. The van der Waals surface area contributed by atoms with Crippen LogP contribution >= 0.6 is 15.9 Å². The van der Waals surface area contributed by atoms with Crippen molar-refractivity contribution in [2.75, 3.05) is 48.7 Å². The van der Waals surface area contributed by atoms with Gasteiger partial charge < -0.3 is 26.0 Å². The van der Waals surface area contributed by atoms with Crippen LogP contribution in [0.15, 0.2) is 47.0 Å². The maximum atomic E-state index is 12.6. The molecule has 11 heteroatoms. The fourth-order valence-electron chi connectivity index (χ4n) is 3.07. The lowest BCUT2D eigenvalue weighted by Crippen LogP contribution is -2.50. The number of hydrogen-bond donors (Lipinski definition) is 3. The number of nitrogens with one attached hydrogen (secondary N) is 2. The van der Waals surface area contributed by atoms with E-state index in [1.54, 1.807) is 11.2 Å². The Bertz CT molecular complexity index is 957. The third kappa shape index (κ3) is 7.80. The summed E-state index contributed by atoms with van der Waals surface area (Å²) in [5.41, 5.74) is 7.17. The number of nitrogens with two attached hydrogens (primary N) is 1. The van der Waals surface area contributed by atoms with Gasteiger partial charge in [0.25, 0.3) is 5.91 Å². The Balaban J connectivity index is 2.00. The van der Waals surface area contributed by atoms with Crippen LogP contribution in [-0.4, -0.2) is 63.1 Å². The molecule has 1 aromatic rings. The highest BCUT2D eigenvalue weighted by Gasteiger charge is 2.27. The second-order valence-electron chi connectivity index (χ2n) is 7.81. The monoisotopic (exact) mass is 529 g/mol. The fraction of sp³-hybridized carbons (Fsp3) is 0.476. The molecule has 1 aromatic carbocycles. The van der Waals surface area contributed by atoms with Gasteiger partial charge in [-0.25, -0.2) is 8.42 Å². The van der Waals surface area contributed by atoms with Gasteiger partial charge in [0.05, 0.1) is 11.4 Å². The Labute approximate surface area is 198 Å². The van der Waals surface area contributed by atoms with E-state index in [1.807, 2.05) is 32.0 Å². The summed E-state index contributed by atoms with van der Waals surface area (Å²) in [6, 6.07) is 5.89. The normalized spacial score (nSPS) is 15.7. The van der Waals surface area contributed by atoms with Crippen LogP contribution in [-0.2, 0) is 19.6 Å². The van der Waals surface area contributed by atoms with Crippen LogP contribution in [0.3, 0.4) is 0 Å². The van der Waals surface area contributed by atoms with E-state index in [0.717, 1.165) is 10.2 Å². The van der Waals surface area contributed by atoms with Gasteiger partial charge in [0, 0.05) is 54.5 Å². The summed E-state index contributed by atoms with van der Waals surface area (Å²) < 4.78 is 32.4. The van der Waals surface area contributed by atoms with Crippen LogP contribution in [0.4, 0.5) is 11.4 Å². The number of nitrogens with zero attached hydrogens (tertiary/aromatic N) is 2. The molecule has 9 nitrogen and oxygen atoms in total. The third-order valence-electron chi connectivity index (χ3n) is 4.85. The van der Waals surface area contributed by atoms with Crippen LogP contribution in [0.1, 0.15) is 20.8 Å². The van der Waals surface area contributed by atoms with Crippen molar-refractivity contribution in [3.8, 4) is 0 Å².